The van der Waals surface area contributed by atoms with Crippen molar-refractivity contribution in [3.63, 3.8) is 0 Å². The zero-order chi connectivity index (χ0) is 10.1. The van der Waals surface area contributed by atoms with Gasteiger partial charge in [-0.2, -0.15) is 11.8 Å². The van der Waals surface area contributed by atoms with Gasteiger partial charge in [0.1, 0.15) is 5.76 Å². The molecule has 0 saturated heterocycles. The van der Waals surface area contributed by atoms with E-state index in [1.165, 1.54) is 5.56 Å². The Morgan fingerprint density at radius 3 is 2.93 bits per heavy atom. The van der Waals surface area contributed by atoms with Crippen molar-refractivity contribution in [2.24, 2.45) is 0 Å². The van der Waals surface area contributed by atoms with Crippen LogP contribution in [0.15, 0.2) is 22.6 Å². The Hall–Kier alpha value is -1.09. The largest absolute Gasteiger partial charge is 0.459 e. The lowest BCUT2D eigenvalue weighted by molar-refractivity contribution is 0.576. The molecule has 0 radical (unpaired) electrons. The summed E-state index contributed by atoms with van der Waals surface area (Å²) in [7, 11) is 0. The van der Waals surface area contributed by atoms with Gasteiger partial charge in [0.15, 0.2) is 5.58 Å². The second-order valence-electron chi connectivity index (χ2n) is 3.29. The molecule has 0 aliphatic heterocycles. The van der Waals surface area contributed by atoms with E-state index in [1.54, 1.807) is 11.8 Å². The summed E-state index contributed by atoms with van der Waals surface area (Å²) in [6.07, 6.45) is 2.09. The topological polar surface area (TPSA) is 39.2 Å². The van der Waals surface area contributed by atoms with E-state index in [0.717, 1.165) is 28.2 Å². The molecule has 1 heterocycles. The molecule has 74 valence electrons. The van der Waals surface area contributed by atoms with Crippen molar-refractivity contribution < 1.29 is 4.42 Å². The van der Waals surface area contributed by atoms with Crippen LogP contribution in [-0.2, 0) is 5.75 Å². The van der Waals surface area contributed by atoms with Gasteiger partial charge < -0.3 is 10.2 Å². The van der Waals surface area contributed by atoms with Gasteiger partial charge >= 0.3 is 0 Å². The molecule has 0 fully saturated rings. The zero-order valence-corrected chi connectivity index (χ0v) is 9.15. The predicted octanol–water partition coefficient (Wildman–Crippen LogP) is 3.19. The van der Waals surface area contributed by atoms with Crippen molar-refractivity contribution in [3.8, 4) is 0 Å². The summed E-state index contributed by atoms with van der Waals surface area (Å²) in [5.41, 5.74) is 8.65. The maximum absolute atomic E-state index is 5.83. The van der Waals surface area contributed by atoms with Crippen LogP contribution in [0.25, 0.3) is 11.0 Å². The van der Waals surface area contributed by atoms with E-state index in [4.69, 9.17) is 10.2 Å². The fourth-order valence-electron chi connectivity index (χ4n) is 1.63. The van der Waals surface area contributed by atoms with Crippen LogP contribution < -0.4 is 5.73 Å². The predicted molar refractivity (Wildman–Crippen MR) is 62.6 cm³/mol. The Bertz CT molecular complexity index is 462. The maximum atomic E-state index is 5.83. The number of fused-ring (bicyclic) bond motifs is 1. The third-order valence-electron chi connectivity index (χ3n) is 2.34. The minimum absolute atomic E-state index is 0.720. The molecule has 0 spiro atoms. The molecule has 0 aliphatic rings. The van der Waals surface area contributed by atoms with Crippen LogP contribution in [0.3, 0.4) is 0 Å². The molecule has 0 aliphatic carbocycles. The van der Waals surface area contributed by atoms with Gasteiger partial charge in [0.2, 0.25) is 0 Å². The number of rotatable bonds is 2. The van der Waals surface area contributed by atoms with Crippen LogP contribution >= 0.6 is 11.8 Å². The lowest BCUT2D eigenvalue weighted by Gasteiger charge is -1.96. The molecular formula is C11H13NOS. The molecule has 2 aromatic rings. The number of hydrogen-bond acceptors (Lipinski definition) is 3. The van der Waals surface area contributed by atoms with Gasteiger partial charge in [-0.3, -0.25) is 0 Å². The lowest BCUT2D eigenvalue weighted by atomic mass is 10.1. The molecule has 0 saturated carbocycles. The summed E-state index contributed by atoms with van der Waals surface area (Å²) >= 11 is 1.79. The number of anilines is 1. The number of hydrogen-bond donors (Lipinski definition) is 1. The first-order valence-corrected chi connectivity index (χ1v) is 5.89. The van der Waals surface area contributed by atoms with Crippen LogP contribution in [0.5, 0.6) is 0 Å². The molecule has 0 unspecified atom stereocenters. The fourth-order valence-corrected chi connectivity index (χ4v) is 2.28. The van der Waals surface area contributed by atoms with E-state index >= 15 is 0 Å². The SMILES string of the molecule is CSCc1c(C)oc2c(N)cccc12. The third kappa shape index (κ3) is 1.38. The highest BCUT2D eigenvalue weighted by Gasteiger charge is 2.11. The van der Waals surface area contributed by atoms with Gasteiger partial charge in [-0.15, -0.1) is 0 Å². The van der Waals surface area contributed by atoms with Gasteiger partial charge in [-0.25, -0.2) is 0 Å². The Morgan fingerprint density at radius 2 is 2.21 bits per heavy atom. The Morgan fingerprint density at radius 1 is 1.43 bits per heavy atom. The number of aryl methyl sites for hydroxylation is 1. The maximum Gasteiger partial charge on any atom is 0.157 e. The molecule has 2 N–H and O–H groups in total. The van der Waals surface area contributed by atoms with Gasteiger partial charge in [-0.05, 0) is 19.2 Å². The standard InChI is InChI=1S/C11H13NOS/c1-7-9(6-14-2)8-4-3-5-10(12)11(8)13-7/h3-5H,6,12H2,1-2H3. The van der Waals surface area contributed by atoms with Gasteiger partial charge in [0, 0.05) is 16.7 Å². The van der Waals surface area contributed by atoms with Crippen molar-refractivity contribution in [2.45, 2.75) is 12.7 Å². The van der Waals surface area contributed by atoms with Crippen molar-refractivity contribution in [1.82, 2.24) is 0 Å². The van der Waals surface area contributed by atoms with Gasteiger partial charge in [-0.1, -0.05) is 12.1 Å². The summed E-state index contributed by atoms with van der Waals surface area (Å²) in [5.74, 6) is 1.95. The molecule has 2 rings (SSSR count). The van der Waals surface area contributed by atoms with Crippen molar-refractivity contribution in [2.75, 3.05) is 12.0 Å². The summed E-state index contributed by atoms with van der Waals surface area (Å²) in [4.78, 5) is 0. The zero-order valence-electron chi connectivity index (χ0n) is 8.33. The molecule has 3 heteroatoms. The number of furan rings is 1. The normalized spacial score (nSPS) is 11.0. The van der Waals surface area contributed by atoms with Crippen molar-refractivity contribution >= 4 is 28.4 Å². The van der Waals surface area contributed by atoms with Crippen molar-refractivity contribution in [3.05, 3.63) is 29.5 Å². The smallest absolute Gasteiger partial charge is 0.157 e. The molecule has 1 aromatic heterocycles. The monoisotopic (exact) mass is 207 g/mol. The van der Waals surface area contributed by atoms with E-state index in [1.807, 2.05) is 19.1 Å². The van der Waals surface area contributed by atoms with Crippen LogP contribution in [0.2, 0.25) is 0 Å². The second-order valence-corrected chi connectivity index (χ2v) is 4.16. The average Bonchev–Trinajstić information content (AvgIpc) is 2.47. The number of nitrogens with two attached hydrogens (primary N) is 1. The quantitative estimate of drug-likeness (QED) is 0.769. The van der Waals surface area contributed by atoms with Gasteiger partial charge in [0.25, 0.3) is 0 Å². The Kier molecular flexibility index (Phi) is 2.42. The van der Waals surface area contributed by atoms with Crippen LogP contribution in [0.1, 0.15) is 11.3 Å². The van der Waals surface area contributed by atoms with Crippen molar-refractivity contribution in [1.29, 1.82) is 0 Å². The Labute approximate surface area is 87.5 Å². The van der Waals surface area contributed by atoms with E-state index < -0.39 is 0 Å². The molecule has 0 bridgehead atoms. The van der Waals surface area contributed by atoms with E-state index in [-0.39, 0.29) is 0 Å². The molecule has 0 atom stereocenters. The van der Waals surface area contributed by atoms with E-state index in [0.29, 0.717) is 0 Å². The number of thioether (sulfide) groups is 1. The van der Waals surface area contributed by atoms with Crippen LogP contribution in [0, 0.1) is 6.92 Å². The highest BCUT2D eigenvalue weighted by atomic mass is 32.2. The third-order valence-corrected chi connectivity index (χ3v) is 2.92. The molecule has 14 heavy (non-hydrogen) atoms. The minimum Gasteiger partial charge on any atom is -0.459 e. The first-order chi connectivity index (χ1) is 6.74. The minimum atomic E-state index is 0.720. The summed E-state index contributed by atoms with van der Waals surface area (Å²) in [6, 6.07) is 5.90. The second kappa shape index (κ2) is 3.58. The average molecular weight is 207 g/mol. The van der Waals surface area contributed by atoms with Crippen LogP contribution in [-0.4, -0.2) is 6.26 Å². The number of nitrogen functional groups attached to an aromatic ring is 1. The number of benzene rings is 1. The van der Waals surface area contributed by atoms with E-state index in [2.05, 4.69) is 12.3 Å². The molecule has 0 amide bonds. The first kappa shape index (κ1) is 9.46. The highest BCUT2D eigenvalue weighted by Crippen LogP contribution is 2.31. The summed E-state index contributed by atoms with van der Waals surface area (Å²) in [6.45, 7) is 1.99. The van der Waals surface area contributed by atoms with Gasteiger partial charge in [0.05, 0.1) is 5.69 Å². The fraction of sp³-hybridized carbons (Fsp3) is 0.273. The Balaban J connectivity index is 2.70. The number of para-hydroxylation sites is 1. The highest BCUT2D eigenvalue weighted by molar-refractivity contribution is 7.97. The molecule has 2 nitrogen and oxygen atoms in total. The van der Waals surface area contributed by atoms with Crippen LogP contribution in [0.4, 0.5) is 5.69 Å². The summed E-state index contributed by atoms with van der Waals surface area (Å²) in [5, 5.41) is 1.15. The first-order valence-electron chi connectivity index (χ1n) is 4.49. The van der Waals surface area contributed by atoms with E-state index in [9.17, 15) is 0 Å². The molecular weight excluding hydrogens is 194 g/mol. The molecule has 1 aromatic carbocycles. The lowest BCUT2D eigenvalue weighted by Crippen LogP contribution is -1.84. The summed E-state index contributed by atoms with van der Waals surface area (Å²) < 4.78 is 5.64.